The van der Waals surface area contributed by atoms with Crippen molar-refractivity contribution in [3.63, 3.8) is 0 Å². The van der Waals surface area contributed by atoms with Gasteiger partial charge in [0.05, 0.1) is 17.4 Å². The van der Waals surface area contributed by atoms with Crippen LogP contribution in [0.3, 0.4) is 0 Å². The number of hydrogen-bond acceptors (Lipinski definition) is 6. The second-order valence-electron chi connectivity index (χ2n) is 7.47. The van der Waals surface area contributed by atoms with Gasteiger partial charge in [-0.05, 0) is 25.0 Å². The first-order chi connectivity index (χ1) is 13.7. The third-order valence-electron chi connectivity index (χ3n) is 5.37. The fourth-order valence-electron chi connectivity index (χ4n) is 3.67. The summed E-state index contributed by atoms with van der Waals surface area (Å²) in [7, 11) is 0. The van der Waals surface area contributed by atoms with Gasteiger partial charge in [0, 0.05) is 38.2 Å². The number of fused-ring (bicyclic) bond motifs is 1. The van der Waals surface area contributed by atoms with E-state index in [2.05, 4.69) is 24.8 Å². The predicted octanol–water partition coefficient (Wildman–Crippen LogP) is 2.57. The molecule has 2 aromatic heterocycles. The summed E-state index contributed by atoms with van der Waals surface area (Å²) in [5.74, 6) is 2.98. The van der Waals surface area contributed by atoms with Gasteiger partial charge in [0.1, 0.15) is 22.6 Å². The first kappa shape index (κ1) is 17.6. The van der Waals surface area contributed by atoms with Crippen LogP contribution in [0.2, 0.25) is 5.15 Å². The van der Waals surface area contributed by atoms with Crippen LogP contribution in [0.15, 0.2) is 35.1 Å². The van der Waals surface area contributed by atoms with Gasteiger partial charge in [0.25, 0.3) is 5.56 Å². The largest absolute Gasteiger partial charge is 0.354 e. The monoisotopic (exact) mass is 396 g/mol. The number of para-hydroxylation sites is 1. The van der Waals surface area contributed by atoms with Crippen LogP contribution >= 0.6 is 11.6 Å². The molecule has 1 N–H and O–H groups in total. The molecule has 2 fully saturated rings. The lowest BCUT2D eigenvalue weighted by Crippen LogP contribution is -2.46. The van der Waals surface area contributed by atoms with Gasteiger partial charge in [-0.2, -0.15) is 0 Å². The average molecular weight is 397 g/mol. The second kappa shape index (κ2) is 7.14. The van der Waals surface area contributed by atoms with Crippen molar-refractivity contribution in [2.24, 2.45) is 0 Å². The molecule has 0 bridgehead atoms. The van der Waals surface area contributed by atoms with Crippen molar-refractivity contribution < 1.29 is 0 Å². The van der Waals surface area contributed by atoms with E-state index in [0.717, 1.165) is 56.2 Å². The molecular formula is C20H21ClN6O. The van der Waals surface area contributed by atoms with Crippen LogP contribution in [-0.4, -0.2) is 51.0 Å². The summed E-state index contributed by atoms with van der Waals surface area (Å²) in [4.78, 5) is 33.4. The molecule has 3 heterocycles. The number of nitrogens with one attached hydrogen (secondary N) is 1. The standard InChI is InChI=1S/C20H21ClN6O/c21-16-11-18(25-19(23-16)13-5-6-13)27-9-7-26(8-10-27)12-17-22-15-4-2-1-3-14(15)20(28)24-17/h1-4,11,13H,5-10,12H2,(H,22,24,28). The highest BCUT2D eigenvalue weighted by molar-refractivity contribution is 6.29. The fraction of sp³-hybridized carbons (Fsp3) is 0.400. The van der Waals surface area contributed by atoms with E-state index in [4.69, 9.17) is 16.6 Å². The minimum absolute atomic E-state index is 0.0810. The Hall–Kier alpha value is -2.51. The fourth-order valence-corrected chi connectivity index (χ4v) is 3.85. The predicted molar refractivity (Wildman–Crippen MR) is 109 cm³/mol. The lowest BCUT2D eigenvalue weighted by atomic mass is 10.2. The Balaban J connectivity index is 1.27. The molecule has 1 aromatic carbocycles. The molecule has 0 atom stereocenters. The van der Waals surface area contributed by atoms with E-state index in [-0.39, 0.29) is 5.56 Å². The highest BCUT2D eigenvalue weighted by Gasteiger charge is 2.28. The first-order valence-electron chi connectivity index (χ1n) is 9.65. The van der Waals surface area contributed by atoms with E-state index in [1.165, 1.54) is 0 Å². The Morgan fingerprint density at radius 3 is 2.64 bits per heavy atom. The zero-order chi connectivity index (χ0) is 19.1. The summed E-state index contributed by atoms with van der Waals surface area (Å²) in [6, 6.07) is 9.28. The van der Waals surface area contributed by atoms with Crippen molar-refractivity contribution in [1.29, 1.82) is 0 Å². The van der Waals surface area contributed by atoms with Gasteiger partial charge in [-0.25, -0.2) is 15.0 Å². The molecule has 1 saturated heterocycles. The Labute approximate surface area is 167 Å². The summed E-state index contributed by atoms with van der Waals surface area (Å²) in [6.45, 7) is 4.09. The summed E-state index contributed by atoms with van der Waals surface area (Å²) in [5.41, 5.74) is 0.658. The molecule has 0 amide bonds. The molecule has 7 nitrogen and oxygen atoms in total. The zero-order valence-electron chi connectivity index (χ0n) is 15.4. The molecule has 28 heavy (non-hydrogen) atoms. The van der Waals surface area contributed by atoms with Crippen molar-refractivity contribution in [1.82, 2.24) is 24.8 Å². The lowest BCUT2D eigenvalue weighted by Gasteiger charge is -2.35. The van der Waals surface area contributed by atoms with Crippen LogP contribution in [0.4, 0.5) is 5.82 Å². The van der Waals surface area contributed by atoms with Gasteiger partial charge in [0.15, 0.2) is 0 Å². The zero-order valence-corrected chi connectivity index (χ0v) is 16.2. The quantitative estimate of drug-likeness (QED) is 0.683. The maximum absolute atomic E-state index is 12.3. The van der Waals surface area contributed by atoms with Gasteiger partial charge in [-0.1, -0.05) is 23.7 Å². The normalized spacial score (nSPS) is 18.0. The molecule has 0 spiro atoms. The van der Waals surface area contributed by atoms with Crippen molar-refractivity contribution in [3.8, 4) is 0 Å². The Morgan fingerprint density at radius 2 is 1.86 bits per heavy atom. The number of hydrogen-bond donors (Lipinski definition) is 1. The molecule has 1 aliphatic carbocycles. The van der Waals surface area contributed by atoms with Crippen LogP contribution < -0.4 is 10.5 Å². The summed E-state index contributed by atoms with van der Waals surface area (Å²) in [6.07, 6.45) is 2.31. The topological polar surface area (TPSA) is 78.0 Å². The molecular weight excluding hydrogens is 376 g/mol. The van der Waals surface area contributed by atoms with E-state index in [1.807, 2.05) is 24.3 Å². The van der Waals surface area contributed by atoms with E-state index >= 15 is 0 Å². The third kappa shape index (κ3) is 3.59. The van der Waals surface area contributed by atoms with Crippen molar-refractivity contribution >= 4 is 28.3 Å². The minimum Gasteiger partial charge on any atom is -0.354 e. The highest BCUT2D eigenvalue weighted by Crippen LogP contribution is 2.39. The molecule has 144 valence electrons. The molecule has 2 aliphatic rings. The van der Waals surface area contributed by atoms with Gasteiger partial charge in [-0.3, -0.25) is 9.69 Å². The highest BCUT2D eigenvalue weighted by atomic mass is 35.5. The van der Waals surface area contributed by atoms with Crippen LogP contribution in [0.25, 0.3) is 10.9 Å². The number of aromatic amines is 1. The SMILES string of the molecule is O=c1[nH]c(CN2CCN(c3cc(Cl)nc(C4CC4)n3)CC2)nc2ccccc12. The van der Waals surface area contributed by atoms with E-state index in [0.29, 0.717) is 28.8 Å². The number of H-pyrrole nitrogens is 1. The Bertz CT molecular complexity index is 1070. The molecule has 0 radical (unpaired) electrons. The van der Waals surface area contributed by atoms with Crippen LogP contribution in [0, 0.1) is 0 Å². The van der Waals surface area contributed by atoms with E-state index in [9.17, 15) is 4.79 Å². The summed E-state index contributed by atoms with van der Waals surface area (Å²) >= 11 is 6.21. The van der Waals surface area contributed by atoms with Gasteiger partial charge in [0.2, 0.25) is 0 Å². The van der Waals surface area contributed by atoms with Gasteiger partial charge in [-0.15, -0.1) is 0 Å². The summed E-state index contributed by atoms with van der Waals surface area (Å²) < 4.78 is 0. The second-order valence-corrected chi connectivity index (χ2v) is 7.86. The first-order valence-corrected chi connectivity index (χ1v) is 10.0. The molecule has 8 heteroatoms. The van der Waals surface area contributed by atoms with Gasteiger partial charge >= 0.3 is 0 Å². The Morgan fingerprint density at radius 1 is 1.07 bits per heavy atom. The van der Waals surface area contributed by atoms with E-state index < -0.39 is 0 Å². The number of benzene rings is 1. The van der Waals surface area contributed by atoms with Crippen molar-refractivity contribution in [2.45, 2.75) is 25.3 Å². The Kier molecular flexibility index (Phi) is 4.49. The summed E-state index contributed by atoms with van der Waals surface area (Å²) in [5, 5.41) is 1.15. The smallest absolute Gasteiger partial charge is 0.258 e. The minimum atomic E-state index is -0.0810. The molecule has 3 aromatic rings. The molecule has 1 saturated carbocycles. The average Bonchev–Trinajstić information content (AvgIpc) is 3.54. The van der Waals surface area contributed by atoms with E-state index in [1.54, 1.807) is 6.07 Å². The molecule has 0 unspecified atom stereocenters. The van der Waals surface area contributed by atoms with Gasteiger partial charge < -0.3 is 9.88 Å². The number of nitrogens with zero attached hydrogens (tertiary/aromatic N) is 5. The number of piperazine rings is 1. The van der Waals surface area contributed by atoms with Crippen LogP contribution in [0.5, 0.6) is 0 Å². The number of halogens is 1. The third-order valence-corrected chi connectivity index (χ3v) is 5.57. The van der Waals surface area contributed by atoms with Crippen molar-refractivity contribution in [3.05, 3.63) is 57.5 Å². The number of aromatic nitrogens is 4. The van der Waals surface area contributed by atoms with Crippen molar-refractivity contribution in [2.75, 3.05) is 31.1 Å². The molecule has 1 aliphatic heterocycles. The maximum atomic E-state index is 12.3. The number of rotatable bonds is 4. The van der Waals surface area contributed by atoms with Crippen LogP contribution in [0.1, 0.15) is 30.4 Å². The lowest BCUT2D eigenvalue weighted by molar-refractivity contribution is 0.243. The maximum Gasteiger partial charge on any atom is 0.258 e. The van der Waals surface area contributed by atoms with Crippen LogP contribution in [-0.2, 0) is 6.54 Å². The number of anilines is 1. The molecule has 5 rings (SSSR count).